The normalized spacial score (nSPS) is 10.6. The van der Waals surface area contributed by atoms with Crippen molar-refractivity contribution in [2.75, 3.05) is 0 Å². The molecule has 0 aliphatic heterocycles. The molecular formula is C9H8ClN3. The monoisotopic (exact) mass is 193 g/mol. The Morgan fingerprint density at radius 3 is 2.92 bits per heavy atom. The van der Waals surface area contributed by atoms with Crippen molar-refractivity contribution in [2.24, 2.45) is 0 Å². The first-order chi connectivity index (χ1) is 6.33. The maximum absolute atomic E-state index is 5.89. The van der Waals surface area contributed by atoms with Crippen molar-refractivity contribution in [1.82, 2.24) is 15.0 Å². The van der Waals surface area contributed by atoms with Gasteiger partial charge in [0, 0.05) is 12.4 Å². The van der Waals surface area contributed by atoms with Crippen LogP contribution in [-0.4, -0.2) is 15.0 Å². The van der Waals surface area contributed by atoms with Gasteiger partial charge in [0.15, 0.2) is 0 Å². The van der Waals surface area contributed by atoms with Crippen molar-refractivity contribution in [3.05, 3.63) is 29.4 Å². The molecule has 2 aromatic heterocycles. The zero-order chi connectivity index (χ0) is 9.26. The van der Waals surface area contributed by atoms with Crippen molar-refractivity contribution in [3.8, 4) is 0 Å². The van der Waals surface area contributed by atoms with E-state index in [1.165, 1.54) is 6.33 Å². The van der Waals surface area contributed by atoms with Crippen LogP contribution in [-0.2, 0) is 6.42 Å². The third-order valence-electron chi connectivity index (χ3n) is 1.95. The minimum Gasteiger partial charge on any atom is -0.244 e. The van der Waals surface area contributed by atoms with Crippen molar-refractivity contribution < 1.29 is 0 Å². The number of aryl methyl sites for hydroxylation is 1. The Morgan fingerprint density at radius 1 is 1.31 bits per heavy atom. The number of nitrogens with zero attached hydrogens (tertiary/aromatic N) is 3. The van der Waals surface area contributed by atoms with Crippen LogP contribution in [0.3, 0.4) is 0 Å². The van der Waals surface area contributed by atoms with Crippen LogP contribution in [0, 0.1) is 0 Å². The molecule has 0 saturated heterocycles. The van der Waals surface area contributed by atoms with Gasteiger partial charge in [0.05, 0.1) is 10.9 Å². The third kappa shape index (κ3) is 1.35. The van der Waals surface area contributed by atoms with Gasteiger partial charge in [-0.1, -0.05) is 18.5 Å². The average molecular weight is 194 g/mol. The molecule has 0 unspecified atom stereocenters. The number of aromatic nitrogens is 3. The molecule has 2 heterocycles. The summed E-state index contributed by atoms with van der Waals surface area (Å²) in [5.41, 5.74) is 2.00. The molecule has 0 aromatic carbocycles. The number of hydrogen-bond acceptors (Lipinski definition) is 3. The number of halogens is 1. The largest absolute Gasteiger partial charge is 0.244 e. The molecule has 0 fully saturated rings. The first-order valence-electron chi connectivity index (χ1n) is 4.06. The second-order valence-corrected chi connectivity index (χ2v) is 3.07. The lowest BCUT2D eigenvalue weighted by atomic mass is 10.2. The standard InChI is InChI=1S/C9H8ClN3/c1-2-6-3-12-9(10)7-4-11-5-13-8(6)7/h3-5H,2H2,1H3. The van der Waals surface area contributed by atoms with Gasteiger partial charge in [-0.25, -0.2) is 15.0 Å². The number of hydrogen-bond donors (Lipinski definition) is 0. The summed E-state index contributed by atoms with van der Waals surface area (Å²) in [6.45, 7) is 2.06. The van der Waals surface area contributed by atoms with E-state index in [2.05, 4.69) is 21.9 Å². The highest BCUT2D eigenvalue weighted by Gasteiger charge is 2.04. The lowest BCUT2D eigenvalue weighted by molar-refractivity contribution is 1.10. The zero-order valence-corrected chi connectivity index (χ0v) is 7.91. The van der Waals surface area contributed by atoms with Gasteiger partial charge in [-0.3, -0.25) is 0 Å². The predicted octanol–water partition coefficient (Wildman–Crippen LogP) is 2.24. The second kappa shape index (κ2) is 3.26. The maximum atomic E-state index is 5.89. The Kier molecular flexibility index (Phi) is 2.10. The van der Waals surface area contributed by atoms with E-state index in [0.29, 0.717) is 5.15 Å². The van der Waals surface area contributed by atoms with Gasteiger partial charge >= 0.3 is 0 Å². The molecule has 0 aliphatic carbocycles. The SMILES string of the molecule is CCc1cnc(Cl)c2cncnc12. The van der Waals surface area contributed by atoms with E-state index in [4.69, 9.17) is 11.6 Å². The summed E-state index contributed by atoms with van der Waals surface area (Å²) < 4.78 is 0. The van der Waals surface area contributed by atoms with Crippen LogP contribution in [0.2, 0.25) is 5.15 Å². The quantitative estimate of drug-likeness (QED) is 0.652. The van der Waals surface area contributed by atoms with Crippen LogP contribution in [0.4, 0.5) is 0 Å². The molecule has 0 aliphatic rings. The number of pyridine rings is 1. The van der Waals surface area contributed by atoms with Gasteiger partial charge in [-0.2, -0.15) is 0 Å². The van der Waals surface area contributed by atoms with Gasteiger partial charge < -0.3 is 0 Å². The van der Waals surface area contributed by atoms with Crippen LogP contribution in [0.5, 0.6) is 0 Å². The molecule has 0 saturated carbocycles. The smallest absolute Gasteiger partial charge is 0.139 e. The highest BCUT2D eigenvalue weighted by molar-refractivity contribution is 6.34. The van der Waals surface area contributed by atoms with Crippen LogP contribution in [0.1, 0.15) is 12.5 Å². The van der Waals surface area contributed by atoms with Crippen LogP contribution in [0.15, 0.2) is 18.7 Å². The molecule has 13 heavy (non-hydrogen) atoms. The molecule has 4 heteroatoms. The molecular weight excluding hydrogens is 186 g/mol. The maximum Gasteiger partial charge on any atom is 0.139 e. The number of rotatable bonds is 1. The Labute approximate surface area is 80.8 Å². The van der Waals surface area contributed by atoms with Crippen molar-refractivity contribution in [2.45, 2.75) is 13.3 Å². The average Bonchev–Trinajstić information content (AvgIpc) is 2.19. The van der Waals surface area contributed by atoms with E-state index in [1.54, 1.807) is 12.4 Å². The summed E-state index contributed by atoms with van der Waals surface area (Å²) in [5, 5.41) is 1.29. The van der Waals surface area contributed by atoms with E-state index in [0.717, 1.165) is 22.9 Å². The Morgan fingerprint density at radius 2 is 2.15 bits per heavy atom. The summed E-state index contributed by atoms with van der Waals surface area (Å²) in [6, 6.07) is 0. The lowest BCUT2D eigenvalue weighted by Crippen LogP contribution is -1.91. The molecule has 0 N–H and O–H groups in total. The topological polar surface area (TPSA) is 38.7 Å². The summed E-state index contributed by atoms with van der Waals surface area (Å²) in [6.07, 6.45) is 5.88. The van der Waals surface area contributed by atoms with Crippen LogP contribution >= 0.6 is 11.6 Å². The Hall–Kier alpha value is -1.22. The summed E-state index contributed by atoms with van der Waals surface area (Å²) >= 11 is 5.89. The molecule has 0 atom stereocenters. The van der Waals surface area contributed by atoms with Crippen molar-refractivity contribution in [1.29, 1.82) is 0 Å². The molecule has 0 bridgehead atoms. The summed E-state index contributed by atoms with van der Waals surface area (Å²) in [7, 11) is 0. The minimum absolute atomic E-state index is 0.466. The lowest BCUT2D eigenvalue weighted by Gasteiger charge is -2.02. The van der Waals surface area contributed by atoms with E-state index in [-0.39, 0.29) is 0 Å². The number of fused-ring (bicyclic) bond motifs is 1. The van der Waals surface area contributed by atoms with Gasteiger partial charge in [0.2, 0.25) is 0 Å². The fraction of sp³-hybridized carbons (Fsp3) is 0.222. The fourth-order valence-corrected chi connectivity index (χ4v) is 1.45. The van der Waals surface area contributed by atoms with Crippen LogP contribution < -0.4 is 0 Å². The van der Waals surface area contributed by atoms with E-state index in [9.17, 15) is 0 Å². The van der Waals surface area contributed by atoms with E-state index in [1.807, 2.05) is 0 Å². The minimum atomic E-state index is 0.466. The molecule has 0 amide bonds. The molecule has 2 aromatic rings. The molecule has 0 radical (unpaired) electrons. The molecule has 3 nitrogen and oxygen atoms in total. The first kappa shape index (κ1) is 8.38. The second-order valence-electron chi connectivity index (χ2n) is 2.71. The first-order valence-corrected chi connectivity index (χ1v) is 4.43. The van der Waals surface area contributed by atoms with E-state index < -0.39 is 0 Å². The summed E-state index contributed by atoms with van der Waals surface area (Å²) in [5.74, 6) is 0. The van der Waals surface area contributed by atoms with Gasteiger partial charge in [0.1, 0.15) is 11.5 Å². The van der Waals surface area contributed by atoms with Crippen molar-refractivity contribution >= 4 is 22.5 Å². The third-order valence-corrected chi connectivity index (χ3v) is 2.25. The molecule has 0 spiro atoms. The molecule has 66 valence electrons. The molecule has 2 rings (SSSR count). The van der Waals surface area contributed by atoms with Gasteiger partial charge in [-0.15, -0.1) is 0 Å². The Bertz CT molecular complexity index is 442. The van der Waals surface area contributed by atoms with Gasteiger partial charge in [-0.05, 0) is 12.0 Å². The summed E-state index contributed by atoms with van der Waals surface area (Å²) in [4.78, 5) is 12.2. The van der Waals surface area contributed by atoms with E-state index >= 15 is 0 Å². The van der Waals surface area contributed by atoms with Crippen LogP contribution in [0.25, 0.3) is 10.9 Å². The zero-order valence-electron chi connectivity index (χ0n) is 7.16. The van der Waals surface area contributed by atoms with Gasteiger partial charge in [0.25, 0.3) is 0 Å². The highest BCUT2D eigenvalue weighted by atomic mass is 35.5. The Balaban J connectivity index is 2.84. The van der Waals surface area contributed by atoms with Crippen molar-refractivity contribution in [3.63, 3.8) is 0 Å². The fourth-order valence-electron chi connectivity index (χ4n) is 1.26. The predicted molar refractivity (Wildman–Crippen MR) is 51.7 cm³/mol. The highest BCUT2D eigenvalue weighted by Crippen LogP contribution is 2.21.